The van der Waals surface area contributed by atoms with Crippen LogP contribution in [0.25, 0.3) is 0 Å². The molecule has 0 saturated heterocycles. The lowest BCUT2D eigenvalue weighted by atomic mass is 10.0. The minimum atomic E-state index is 0.0983. The Balaban J connectivity index is 3.05. The van der Waals surface area contributed by atoms with E-state index in [-0.39, 0.29) is 12.6 Å². The van der Waals surface area contributed by atoms with Crippen molar-refractivity contribution in [3.8, 4) is 0 Å². The van der Waals surface area contributed by atoms with Gasteiger partial charge in [0, 0.05) is 12.6 Å². The lowest BCUT2D eigenvalue weighted by Crippen LogP contribution is -2.21. The number of hydrogen-bond donors (Lipinski definition) is 1. The predicted molar refractivity (Wildman–Crippen MR) is 64.6 cm³/mol. The Bertz CT molecular complexity index is 328. The second kappa shape index (κ2) is 5.71. The molecule has 0 amide bonds. The van der Waals surface area contributed by atoms with Gasteiger partial charge in [0.15, 0.2) is 0 Å². The summed E-state index contributed by atoms with van der Waals surface area (Å²) in [4.78, 5) is 2.02. The lowest BCUT2D eigenvalue weighted by Gasteiger charge is -2.25. The molecular weight excluding hydrogens is 233 g/mol. The number of benzene rings is 1. The highest BCUT2D eigenvalue weighted by Crippen LogP contribution is 2.33. The largest absolute Gasteiger partial charge is 0.396 e. The zero-order valence-electron chi connectivity index (χ0n) is 8.87. The first-order chi connectivity index (χ1) is 7.07. The van der Waals surface area contributed by atoms with Crippen molar-refractivity contribution in [2.75, 3.05) is 20.7 Å². The van der Waals surface area contributed by atoms with E-state index in [0.29, 0.717) is 16.5 Å². The standard InChI is InChI=1S/C11H15Cl2NO/c1-14(2)10(6-7-15)8-4-3-5-9(12)11(8)13/h3-5,10,15H,6-7H2,1-2H3. The van der Waals surface area contributed by atoms with Crippen LogP contribution in [0.4, 0.5) is 0 Å². The molecule has 1 rings (SSSR count). The molecule has 0 bridgehead atoms. The molecule has 0 radical (unpaired) electrons. The van der Waals surface area contributed by atoms with E-state index in [0.717, 1.165) is 5.56 Å². The maximum absolute atomic E-state index is 9.00. The van der Waals surface area contributed by atoms with Crippen molar-refractivity contribution < 1.29 is 5.11 Å². The monoisotopic (exact) mass is 247 g/mol. The van der Waals surface area contributed by atoms with Gasteiger partial charge in [0.25, 0.3) is 0 Å². The van der Waals surface area contributed by atoms with Crippen LogP contribution in [-0.4, -0.2) is 30.7 Å². The highest BCUT2D eigenvalue weighted by molar-refractivity contribution is 6.42. The minimum Gasteiger partial charge on any atom is -0.396 e. The van der Waals surface area contributed by atoms with Crippen LogP contribution in [0.15, 0.2) is 18.2 Å². The summed E-state index contributed by atoms with van der Waals surface area (Å²) in [6, 6.07) is 5.67. The fourth-order valence-electron chi connectivity index (χ4n) is 1.59. The van der Waals surface area contributed by atoms with Gasteiger partial charge in [0.2, 0.25) is 0 Å². The Labute approximate surface area is 100 Å². The summed E-state index contributed by atoms with van der Waals surface area (Å²) in [7, 11) is 3.91. The zero-order chi connectivity index (χ0) is 11.4. The summed E-state index contributed by atoms with van der Waals surface area (Å²) >= 11 is 12.1. The van der Waals surface area contributed by atoms with E-state index in [1.807, 2.05) is 31.1 Å². The summed E-state index contributed by atoms with van der Waals surface area (Å²) < 4.78 is 0. The number of aliphatic hydroxyl groups excluding tert-OH is 1. The van der Waals surface area contributed by atoms with Crippen LogP contribution in [-0.2, 0) is 0 Å². The third kappa shape index (κ3) is 3.08. The van der Waals surface area contributed by atoms with E-state index in [9.17, 15) is 0 Å². The van der Waals surface area contributed by atoms with E-state index >= 15 is 0 Å². The first kappa shape index (κ1) is 12.8. The molecule has 0 aliphatic rings. The molecule has 84 valence electrons. The molecule has 0 saturated carbocycles. The average Bonchev–Trinajstić information content (AvgIpc) is 2.19. The summed E-state index contributed by atoms with van der Waals surface area (Å²) in [5.41, 5.74) is 0.961. The van der Waals surface area contributed by atoms with Gasteiger partial charge in [-0.25, -0.2) is 0 Å². The predicted octanol–water partition coefficient (Wildman–Crippen LogP) is 2.98. The van der Waals surface area contributed by atoms with E-state index in [4.69, 9.17) is 28.3 Å². The summed E-state index contributed by atoms with van der Waals surface area (Å²) in [5, 5.41) is 10.1. The topological polar surface area (TPSA) is 23.5 Å². The molecule has 0 aromatic heterocycles. The second-order valence-electron chi connectivity index (χ2n) is 3.63. The van der Waals surface area contributed by atoms with Crippen molar-refractivity contribution >= 4 is 23.2 Å². The summed E-state index contributed by atoms with van der Waals surface area (Å²) in [5.74, 6) is 0. The average molecular weight is 248 g/mol. The maximum atomic E-state index is 9.00. The van der Waals surface area contributed by atoms with Crippen molar-refractivity contribution in [3.63, 3.8) is 0 Å². The van der Waals surface area contributed by atoms with Gasteiger partial charge in [-0.05, 0) is 32.1 Å². The van der Waals surface area contributed by atoms with E-state index in [1.165, 1.54) is 0 Å². The van der Waals surface area contributed by atoms with Gasteiger partial charge in [-0.2, -0.15) is 0 Å². The van der Waals surface area contributed by atoms with E-state index in [2.05, 4.69) is 0 Å². The Morgan fingerprint density at radius 1 is 1.33 bits per heavy atom. The molecule has 1 aromatic rings. The number of halogens is 2. The third-order valence-electron chi connectivity index (χ3n) is 2.37. The Hall–Kier alpha value is -0.280. The molecule has 0 fully saturated rings. The molecule has 0 aliphatic heterocycles. The van der Waals surface area contributed by atoms with Crippen LogP contribution in [0, 0.1) is 0 Å². The summed E-state index contributed by atoms with van der Waals surface area (Å²) in [6.07, 6.45) is 0.646. The molecule has 0 spiro atoms. The molecule has 1 atom stereocenters. The Morgan fingerprint density at radius 2 is 2.00 bits per heavy atom. The number of aliphatic hydroxyl groups is 1. The van der Waals surface area contributed by atoms with E-state index < -0.39 is 0 Å². The van der Waals surface area contributed by atoms with Gasteiger partial charge in [0.05, 0.1) is 10.0 Å². The number of rotatable bonds is 4. The fraction of sp³-hybridized carbons (Fsp3) is 0.455. The highest BCUT2D eigenvalue weighted by Gasteiger charge is 2.17. The van der Waals surface area contributed by atoms with Crippen LogP contribution in [0.1, 0.15) is 18.0 Å². The van der Waals surface area contributed by atoms with Crippen LogP contribution in [0.5, 0.6) is 0 Å². The molecule has 0 heterocycles. The smallest absolute Gasteiger partial charge is 0.0640 e. The van der Waals surface area contributed by atoms with Crippen LogP contribution >= 0.6 is 23.2 Å². The van der Waals surface area contributed by atoms with Crippen LogP contribution in [0.2, 0.25) is 10.0 Å². The molecule has 15 heavy (non-hydrogen) atoms. The highest BCUT2D eigenvalue weighted by atomic mass is 35.5. The van der Waals surface area contributed by atoms with Gasteiger partial charge in [-0.3, -0.25) is 0 Å². The van der Waals surface area contributed by atoms with Crippen LogP contribution in [0.3, 0.4) is 0 Å². The Morgan fingerprint density at radius 3 is 2.53 bits per heavy atom. The zero-order valence-corrected chi connectivity index (χ0v) is 10.4. The number of hydrogen-bond acceptors (Lipinski definition) is 2. The van der Waals surface area contributed by atoms with Crippen molar-refractivity contribution in [3.05, 3.63) is 33.8 Å². The van der Waals surface area contributed by atoms with Crippen molar-refractivity contribution in [2.24, 2.45) is 0 Å². The third-order valence-corrected chi connectivity index (χ3v) is 3.20. The molecule has 1 aromatic carbocycles. The molecular formula is C11H15Cl2NO. The quantitative estimate of drug-likeness (QED) is 0.885. The molecule has 0 aliphatic carbocycles. The van der Waals surface area contributed by atoms with E-state index in [1.54, 1.807) is 6.07 Å². The van der Waals surface area contributed by atoms with Gasteiger partial charge in [-0.1, -0.05) is 35.3 Å². The summed E-state index contributed by atoms with van der Waals surface area (Å²) in [6.45, 7) is 0.131. The lowest BCUT2D eigenvalue weighted by molar-refractivity contribution is 0.211. The molecule has 1 unspecified atom stereocenters. The second-order valence-corrected chi connectivity index (χ2v) is 4.42. The van der Waals surface area contributed by atoms with Gasteiger partial charge >= 0.3 is 0 Å². The first-order valence-corrected chi connectivity index (χ1v) is 5.54. The molecule has 4 heteroatoms. The maximum Gasteiger partial charge on any atom is 0.0640 e. The van der Waals surface area contributed by atoms with Gasteiger partial charge in [-0.15, -0.1) is 0 Å². The minimum absolute atomic E-state index is 0.0983. The van der Waals surface area contributed by atoms with Gasteiger partial charge in [0.1, 0.15) is 0 Å². The first-order valence-electron chi connectivity index (χ1n) is 4.79. The fourth-order valence-corrected chi connectivity index (χ4v) is 2.03. The van der Waals surface area contributed by atoms with Crippen molar-refractivity contribution in [2.45, 2.75) is 12.5 Å². The van der Waals surface area contributed by atoms with Crippen molar-refractivity contribution in [1.82, 2.24) is 4.90 Å². The SMILES string of the molecule is CN(C)C(CCO)c1cccc(Cl)c1Cl. The number of nitrogens with zero attached hydrogens (tertiary/aromatic N) is 1. The van der Waals surface area contributed by atoms with Gasteiger partial charge < -0.3 is 10.0 Å². The van der Waals surface area contributed by atoms with Crippen LogP contribution < -0.4 is 0 Å². The van der Waals surface area contributed by atoms with Crippen molar-refractivity contribution in [1.29, 1.82) is 0 Å². The Kier molecular flexibility index (Phi) is 4.87. The molecule has 2 nitrogen and oxygen atoms in total. The normalized spacial score (nSPS) is 13.2. The molecule has 1 N–H and O–H groups in total.